The molecule has 0 spiro atoms. The number of hydrogen-bond acceptors (Lipinski definition) is 4. The van der Waals surface area contributed by atoms with Gasteiger partial charge >= 0.3 is 0 Å². The second-order valence-electron chi connectivity index (χ2n) is 5.51. The molecule has 3 aliphatic rings. The van der Waals surface area contributed by atoms with Crippen LogP contribution in [0.2, 0.25) is 0 Å². The van der Waals surface area contributed by atoms with Crippen molar-refractivity contribution in [3.63, 3.8) is 0 Å². The van der Waals surface area contributed by atoms with Gasteiger partial charge in [0.1, 0.15) is 11.5 Å². The average Bonchev–Trinajstić information content (AvgIpc) is 2.41. The monoisotopic (exact) mass is 261 g/mol. The Bertz CT molecular complexity index is 471. The van der Waals surface area contributed by atoms with E-state index in [1.807, 2.05) is 12.1 Å². The number of phenolic OH excluding ortho intramolecular Hbond substituents is 1. The fourth-order valence-corrected chi connectivity index (χ4v) is 3.63. The minimum atomic E-state index is 0.0427. The van der Waals surface area contributed by atoms with Crippen molar-refractivity contribution in [2.24, 2.45) is 5.92 Å². The molecule has 0 amide bonds. The highest BCUT2D eigenvalue weighted by atomic mass is 16.3. The number of rotatable bonds is 3. The van der Waals surface area contributed by atoms with Gasteiger partial charge in [-0.25, -0.2) is 0 Å². The van der Waals surface area contributed by atoms with E-state index in [9.17, 15) is 15.0 Å². The average molecular weight is 261 g/mol. The van der Waals surface area contributed by atoms with Crippen LogP contribution < -0.4 is 0 Å². The normalized spacial score (nSPS) is 30.8. The first kappa shape index (κ1) is 12.6. The molecule has 0 radical (unpaired) electrons. The zero-order valence-corrected chi connectivity index (χ0v) is 10.8. The topological polar surface area (TPSA) is 60.8 Å². The molecule has 0 aromatic heterocycles. The number of nitrogens with zero attached hydrogens (tertiary/aromatic N) is 1. The number of piperidine rings is 2. The molecule has 2 saturated heterocycles. The van der Waals surface area contributed by atoms with E-state index >= 15 is 0 Å². The van der Waals surface area contributed by atoms with Crippen molar-refractivity contribution in [3.8, 4) is 5.75 Å². The molecule has 1 aromatic carbocycles. The van der Waals surface area contributed by atoms with Crippen molar-refractivity contribution in [1.29, 1.82) is 0 Å². The first-order valence-electron chi connectivity index (χ1n) is 6.89. The van der Waals surface area contributed by atoms with Crippen LogP contribution in [0, 0.1) is 5.92 Å². The predicted octanol–water partition coefficient (Wildman–Crippen LogP) is 1.48. The molecule has 2 N–H and O–H groups in total. The summed E-state index contributed by atoms with van der Waals surface area (Å²) in [7, 11) is 0. The molecule has 2 bridgehead atoms. The molecule has 4 heteroatoms. The van der Waals surface area contributed by atoms with Gasteiger partial charge in [0, 0.05) is 31.0 Å². The van der Waals surface area contributed by atoms with Crippen LogP contribution in [0.4, 0.5) is 0 Å². The summed E-state index contributed by atoms with van der Waals surface area (Å²) in [6.07, 6.45) is 2.61. The first-order valence-corrected chi connectivity index (χ1v) is 6.89. The van der Waals surface area contributed by atoms with Crippen molar-refractivity contribution in [3.05, 3.63) is 29.8 Å². The Morgan fingerprint density at radius 3 is 2.58 bits per heavy atom. The molecule has 2 heterocycles. The Kier molecular flexibility index (Phi) is 3.29. The Morgan fingerprint density at radius 1 is 1.21 bits per heavy atom. The smallest absolute Gasteiger partial charge is 0.139 e. The SMILES string of the molecule is O=C1CC2CCC1C(c1ccc(O)cc1)N2CCO. The van der Waals surface area contributed by atoms with E-state index in [2.05, 4.69) is 4.90 Å². The summed E-state index contributed by atoms with van der Waals surface area (Å²) in [4.78, 5) is 14.4. The van der Waals surface area contributed by atoms with Crippen molar-refractivity contribution >= 4 is 5.78 Å². The van der Waals surface area contributed by atoms with E-state index in [4.69, 9.17) is 0 Å². The number of aromatic hydroxyl groups is 1. The predicted molar refractivity (Wildman–Crippen MR) is 70.8 cm³/mol. The number of benzene rings is 1. The molecule has 4 rings (SSSR count). The molecular weight excluding hydrogens is 242 g/mol. The maximum atomic E-state index is 12.1. The molecule has 1 aliphatic carbocycles. The van der Waals surface area contributed by atoms with E-state index < -0.39 is 0 Å². The minimum absolute atomic E-state index is 0.0427. The third kappa shape index (κ3) is 2.15. The van der Waals surface area contributed by atoms with E-state index in [1.54, 1.807) is 12.1 Å². The number of aliphatic hydroxyl groups excluding tert-OH is 1. The summed E-state index contributed by atoms with van der Waals surface area (Å²) in [5.41, 5.74) is 1.06. The lowest BCUT2D eigenvalue weighted by Gasteiger charge is -2.50. The molecule has 19 heavy (non-hydrogen) atoms. The number of carbonyl (C=O) groups excluding carboxylic acids is 1. The molecule has 102 valence electrons. The highest BCUT2D eigenvalue weighted by molar-refractivity contribution is 5.84. The molecule has 3 fully saturated rings. The molecular formula is C15H19NO3. The summed E-state index contributed by atoms with van der Waals surface area (Å²) in [5.74, 6) is 0.634. The minimum Gasteiger partial charge on any atom is -0.508 e. The van der Waals surface area contributed by atoms with Gasteiger partial charge in [-0.3, -0.25) is 9.69 Å². The van der Waals surface area contributed by atoms with Crippen LogP contribution in [-0.2, 0) is 4.79 Å². The van der Waals surface area contributed by atoms with Crippen LogP contribution >= 0.6 is 0 Å². The van der Waals surface area contributed by atoms with Gasteiger partial charge in [-0.05, 0) is 30.5 Å². The van der Waals surface area contributed by atoms with Crippen LogP contribution in [0.1, 0.15) is 30.9 Å². The number of carbonyl (C=O) groups is 1. The second-order valence-corrected chi connectivity index (χ2v) is 5.51. The first-order chi connectivity index (χ1) is 9.20. The number of Topliss-reactive ketones (excluding diaryl/α,β-unsaturated/α-hetero) is 1. The Labute approximate surface area is 112 Å². The molecule has 1 aromatic rings. The van der Waals surface area contributed by atoms with Gasteiger partial charge in [0.25, 0.3) is 0 Å². The maximum Gasteiger partial charge on any atom is 0.139 e. The Balaban J connectivity index is 1.95. The lowest BCUT2D eigenvalue weighted by molar-refractivity contribution is -0.138. The van der Waals surface area contributed by atoms with E-state index in [-0.39, 0.29) is 30.4 Å². The Hall–Kier alpha value is -1.39. The number of ketones is 1. The van der Waals surface area contributed by atoms with Crippen molar-refractivity contribution in [1.82, 2.24) is 4.90 Å². The van der Waals surface area contributed by atoms with Crippen LogP contribution in [0.3, 0.4) is 0 Å². The van der Waals surface area contributed by atoms with Gasteiger partial charge in [0.05, 0.1) is 6.61 Å². The van der Waals surface area contributed by atoms with E-state index in [1.165, 1.54) is 0 Å². The summed E-state index contributed by atoms with van der Waals surface area (Å²) >= 11 is 0. The van der Waals surface area contributed by atoms with Crippen molar-refractivity contribution in [2.45, 2.75) is 31.3 Å². The molecule has 3 unspecified atom stereocenters. The quantitative estimate of drug-likeness (QED) is 0.865. The summed E-state index contributed by atoms with van der Waals surface area (Å²) < 4.78 is 0. The lowest BCUT2D eigenvalue weighted by atomic mass is 9.71. The summed E-state index contributed by atoms with van der Waals surface area (Å²) in [5, 5.41) is 18.6. The third-order valence-electron chi connectivity index (χ3n) is 4.46. The standard InChI is InChI=1S/C15H19NO3/c17-8-7-16-11-3-6-13(14(19)9-11)15(16)10-1-4-12(18)5-2-10/h1-2,4-5,11,13,15,17-18H,3,6-9H2. The summed E-state index contributed by atoms with van der Waals surface area (Å²) in [6, 6.07) is 7.44. The number of hydrogen-bond donors (Lipinski definition) is 2. The molecule has 4 nitrogen and oxygen atoms in total. The lowest BCUT2D eigenvalue weighted by Crippen LogP contribution is -2.54. The second kappa shape index (κ2) is 4.94. The zero-order valence-electron chi connectivity index (χ0n) is 10.8. The van der Waals surface area contributed by atoms with Gasteiger partial charge in [0.2, 0.25) is 0 Å². The molecule has 3 atom stereocenters. The third-order valence-corrected chi connectivity index (χ3v) is 4.46. The fourth-order valence-electron chi connectivity index (χ4n) is 3.63. The highest BCUT2D eigenvalue weighted by Gasteiger charge is 2.46. The fraction of sp³-hybridized carbons (Fsp3) is 0.533. The van der Waals surface area contributed by atoms with E-state index in [0.29, 0.717) is 18.7 Å². The van der Waals surface area contributed by atoms with E-state index in [0.717, 1.165) is 18.4 Å². The number of phenols is 1. The zero-order chi connectivity index (χ0) is 13.4. The van der Waals surface area contributed by atoms with Crippen molar-refractivity contribution in [2.75, 3.05) is 13.2 Å². The van der Waals surface area contributed by atoms with Gasteiger partial charge in [0.15, 0.2) is 0 Å². The van der Waals surface area contributed by atoms with Crippen LogP contribution in [-0.4, -0.2) is 40.1 Å². The molecule has 2 aliphatic heterocycles. The van der Waals surface area contributed by atoms with Crippen LogP contribution in [0.25, 0.3) is 0 Å². The number of aliphatic hydroxyl groups is 1. The highest BCUT2D eigenvalue weighted by Crippen LogP contribution is 2.45. The van der Waals surface area contributed by atoms with Gasteiger partial charge < -0.3 is 10.2 Å². The number of fused-ring (bicyclic) bond motifs is 3. The van der Waals surface area contributed by atoms with Crippen molar-refractivity contribution < 1.29 is 15.0 Å². The molecule has 1 saturated carbocycles. The van der Waals surface area contributed by atoms with Gasteiger partial charge in [-0.2, -0.15) is 0 Å². The van der Waals surface area contributed by atoms with Gasteiger partial charge in [-0.15, -0.1) is 0 Å². The van der Waals surface area contributed by atoms with Gasteiger partial charge in [-0.1, -0.05) is 12.1 Å². The van der Waals surface area contributed by atoms with Crippen LogP contribution in [0.5, 0.6) is 5.75 Å². The Morgan fingerprint density at radius 2 is 1.95 bits per heavy atom. The largest absolute Gasteiger partial charge is 0.508 e. The summed E-state index contributed by atoms with van der Waals surface area (Å²) in [6.45, 7) is 0.728. The van der Waals surface area contributed by atoms with Crippen LogP contribution in [0.15, 0.2) is 24.3 Å². The maximum absolute atomic E-state index is 12.1.